The zero-order valence-electron chi connectivity index (χ0n) is 8.50. The number of Topliss-reactive ketones (excluding diaryl/α,β-unsaturated/α-hetero) is 3. The van der Waals surface area contributed by atoms with Crippen LogP contribution in [-0.2, 0) is 14.4 Å². The van der Waals surface area contributed by atoms with E-state index in [1.54, 1.807) is 0 Å². The van der Waals surface area contributed by atoms with Gasteiger partial charge in [-0.1, -0.05) is 6.92 Å². The van der Waals surface area contributed by atoms with Gasteiger partial charge in [0.1, 0.15) is 17.3 Å². The van der Waals surface area contributed by atoms with E-state index < -0.39 is 5.41 Å². The van der Waals surface area contributed by atoms with Crippen LogP contribution in [0.5, 0.6) is 0 Å². The van der Waals surface area contributed by atoms with Crippen molar-refractivity contribution < 1.29 is 14.4 Å². The second kappa shape index (κ2) is 2.75. The molecule has 0 aliphatic heterocycles. The zero-order chi connectivity index (χ0) is 10.5. The third-order valence-electron chi connectivity index (χ3n) is 3.86. The van der Waals surface area contributed by atoms with Crippen molar-refractivity contribution in [2.24, 2.45) is 17.3 Å². The van der Waals surface area contributed by atoms with Crippen LogP contribution in [0.2, 0.25) is 0 Å². The summed E-state index contributed by atoms with van der Waals surface area (Å²) in [7, 11) is 0. The van der Waals surface area contributed by atoms with Crippen LogP contribution < -0.4 is 0 Å². The summed E-state index contributed by atoms with van der Waals surface area (Å²) in [6, 6.07) is 0. The molecule has 3 atom stereocenters. The largest absolute Gasteiger partial charge is 0.300 e. The minimum atomic E-state index is -0.428. The van der Waals surface area contributed by atoms with Crippen molar-refractivity contribution >= 4 is 17.3 Å². The molecule has 0 N–H and O–H groups in total. The Morgan fingerprint density at radius 1 is 1.43 bits per heavy atom. The van der Waals surface area contributed by atoms with E-state index in [4.69, 9.17) is 0 Å². The summed E-state index contributed by atoms with van der Waals surface area (Å²) in [5.74, 6) is -0.0667. The molecule has 0 radical (unpaired) electrons. The number of fused-ring (bicyclic) bond motifs is 1. The van der Waals surface area contributed by atoms with E-state index in [2.05, 4.69) is 0 Å². The van der Waals surface area contributed by atoms with Crippen LogP contribution in [0.25, 0.3) is 0 Å². The standard InChI is InChI=1S/C11H14O3/c1-6(12)7-3-8-9(13)5-11(8,2)10(14)4-7/h7-8H,3-5H2,1-2H3/t7-,8+,11-/m0/s1. The fourth-order valence-electron chi connectivity index (χ4n) is 2.65. The molecule has 0 aromatic heterocycles. The van der Waals surface area contributed by atoms with Gasteiger partial charge in [-0.25, -0.2) is 0 Å². The third-order valence-corrected chi connectivity index (χ3v) is 3.86. The van der Waals surface area contributed by atoms with Gasteiger partial charge in [0.2, 0.25) is 0 Å². The molecule has 0 amide bonds. The lowest BCUT2D eigenvalue weighted by atomic mass is 9.51. The van der Waals surface area contributed by atoms with Gasteiger partial charge in [0.25, 0.3) is 0 Å². The van der Waals surface area contributed by atoms with Crippen LogP contribution in [0.4, 0.5) is 0 Å². The van der Waals surface area contributed by atoms with E-state index in [1.807, 2.05) is 6.92 Å². The number of carbonyl (C=O) groups excluding carboxylic acids is 3. The third kappa shape index (κ3) is 1.08. The SMILES string of the molecule is CC(=O)[C@@H]1CC(=O)[C@@]2(C)CC(=O)[C@H]2C1. The molecule has 2 fully saturated rings. The van der Waals surface area contributed by atoms with Gasteiger partial charge in [0, 0.05) is 30.1 Å². The summed E-state index contributed by atoms with van der Waals surface area (Å²) in [4.78, 5) is 34.2. The van der Waals surface area contributed by atoms with E-state index in [0.29, 0.717) is 19.3 Å². The Balaban J connectivity index is 2.21. The van der Waals surface area contributed by atoms with Crippen molar-refractivity contribution in [3.05, 3.63) is 0 Å². The molecule has 0 aromatic rings. The minimum Gasteiger partial charge on any atom is -0.300 e. The summed E-state index contributed by atoms with van der Waals surface area (Å²) < 4.78 is 0. The number of hydrogen-bond donors (Lipinski definition) is 0. The average molecular weight is 194 g/mol. The fraction of sp³-hybridized carbons (Fsp3) is 0.727. The monoisotopic (exact) mass is 194 g/mol. The highest BCUT2D eigenvalue weighted by Crippen LogP contribution is 2.52. The molecule has 0 spiro atoms. The molecule has 0 unspecified atom stereocenters. The molecule has 3 heteroatoms. The maximum absolute atomic E-state index is 11.7. The lowest BCUT2D eigenvalue weighted by Crippen LogP contribution is -2.56. The lowest BCUT2D eigenvalue weighted by Gasteiger charge is -2.49. The Kier molecular flexibility index (Phi) is 1.88. The van der Waals surface area contributed by atoms with Crippen molar-refractivity contribution in [2.75, 3.05) is 0 Å². The number of carbonyl (C=O) groups is 3. The molecule has 2 saturated carbocycles. The maximum atomic E-state index is 11.7. The number of rotatable bonds is 1. The summed E-state index contributed by atoms with van der Waals surface area (Å²) in [5.41, 5.74) is -0.428. The molecule has 0 heterocycles. The van der Waals surface area contributed by atoms with Gasteiger partial charge in [-0.3, -0.25) is 14.4 Å². The highest BCUT2D eigenvalue weighted by molar-refractivity contribution is 6.04. The molecule has 2 aliphatic rings. The first-order valence-corrected chi connectivity index (χ1v) is 5.01. The summed E-state index contributed by atoms with van der Waals surface area (Å²) in [6.45, 7) is 3.36. The fourth-order valence-corrected chi connectivity index (χ4v) is 2.65. The molecule has 2 rings (SSSR count). The minimum absolute atomic E-state index is 0.0418. The van der Waals surface area contributed by atoms with E-state index in [9.17, 15) is 14.4 Å². The Bertz CT molecular complexity index is 331. The van der Waals surface area contributed by atoms with Crippen LogP contribution in [-0.4, -0.2) is 17.3 Å². The lowest BCUT2D eigenvalue weighted by molar-refractivity contribution is -0.161. The summed E-state index contributed by atoms with van der Waals surface area (Å²) >= 11 is 0. The Morgan fingerprint density at radius 3 is 2.57 bits per heavy atom. The molecule has 76 valence electrons. The van der Waals surface area contributed by atoms with Gasteiger partial charge in [0.05, 0.1) is 0 Å². The second-order valence-electron chi connectivity index (χ2n) is 4.78. The molecule has 3 nitrogen and oxygen atoms in total. The zero-order valence-corrected chi connectivity index (χ0v) is 8.50. The first-order chi connectivity index (χ1) is 6.45. The van der Waals surface area contributed by atoms with Crippen LogP contribution in [0.15, 0.2) is 0 Å². The molecule has 0 saturated heterocycles. The first-order valence-electron chi connectivity index (χ1n) is 5.01. The van der Waals surface area contributed by atoms with Crippen LogP contribution in [0, 0.1) is 17.3 Å². The average Bonchev–Trinajstić information content (AvgIpc) is 2.09. The van der Waals surface area contributed by atoms with E-state index >= 15 is 0 Å². The smallest absolute Gasteiger partial charge is 0.140 e. The quantitative estimate of drug-likeness (QED) is 0.629. The van der Waals surface area contributed by atoms with E-state index in [-0.39, 0.29) is 29.2 Å². The number of ketones is 3. The molecule has 0 aromatic carbocycles. The normalized spacial score (nSPS) is 41.6. The predicted octanol–water partition coefficient (Wildman–Crippen LogP) is 1.15. The van der Waals surface area contributed by atoms with Crippen LogP contribution in [0.3, 0.4) is 0 Å². The van der Waals surface area contributed by atoms with Crippen LogP contribution in [0.1, 0.15) is 33.1 Å². The summed E-state index contributed by atoms with van der Waals surface area (Å²) in [5, 5.41) is 0. The van der Waals surface area contributed by atoms with Gasteiger partial charge >= 0.3 is 0 Å². The number of hydrogen-bond acceptors (Lipinski definition) is 3. The maximum Gasteiger partial charge on any atom is 0.140 e. The highest BCUT2D eigenvalue weighted by atomic mass is 16.1. The predicted molar refractivity (Wildman–Crippen MR) is 49.6 cm³/mol. The molecule has 2 aliphatic carbocycles. The van der Waals surface area contributed by atoms with Gasteiger partial charge in [-0.15, -0.1) is 0 Å². The highest BCUT2D eigenvalue weighted by Gasteiger charge is 2.58. The van der Waals surface area contributed by atoms with E-state index in [0.717, 1.165) is 0 Å². The summed E-state index contributed by atoms with van der Waals surface area (Å²) in [6.07, 6.45) is 1.33. The Hall–Kier alpha value is -0.990. The Labute approximate surface area is 82.9 Å². The molecule has 14 heavy (non-hydrogen) atoms. The van der Waals surface area contributed by atoms with Crippen molar-refractivity contribution in [3.63, 3.8) is 0 Å². The van der Waals surface area contributed by atoms with Crippen molar-refractivity contribution in [1.29, 1.82) is 0 Å². The Morgan fingerprint density at radius 2 is 2.07 bits per heavy atom. The van der Waals surface area contributed by atoms with Crippen molar-refractivity contribution in [1.82, 2.24) is 0 Å². The van der Waals surface area contributed by atoms with Gasteiger partial charge in [0.15, 0.2) is 0 Å². The second-order valence-corrected chi connectivity index (χ2v) is 4.78. The van der Waals surface area contributed by atoms with Crippen LogP contribution >= 0.6 is 0 Å². The van der Waals surface area contributed by atoms with Crippen molar-refractivity contribution in [3.8, 4) is 0 Å². The van der Waals surface area contributed by atoms with Crippen molar-refractivity contribution in [2.45, 2.75) is 33.1 Å². The molecule has 0 bridgehead atoms. The molecular weight excluding hydrogens is 180 g/mol. The molecular formula is C11H14O3. The van der Waals surface area contributed by atoms with Gasteiger partial charge in [-0.2, -0.15) is 0 Å². The first kappa shape index (κ1) is 9.56. The topological polar surface area (TPSA) is 51.2 Å². The van der Waals surface area contributed by atoms with Gasteiger partial charge < -0.3 is 0 Å². The van der Waals surface area contributed by atoms with Gasteiger partial charge in [-0.05, 0) is 13.3 Å². The van der Waals surface area contributed by atoms with E-state index in [1.165, 1.54) is 6.92 Å².